The van der Waals surface area contributed by atoms with Gasteiger partial charge in [0.25, 0.3) is 0 Å². The normalized spacial score (nSPS) is 17.1. The molecule has 136 valence electrons. The molecule has 0 radical (unpaired) electrons. The molecule has 0 N–H and O–H groups in total. The van der Waals surface area contributed by atoms with E-state index in [2.05, 4.69) is 80.6 Å². The van der Waals surface area contributed by atoms with Crippen LogP contribution in [0.3, 0.4) is 0 Å². The topological polar surface area (TPSA) is 25.8 Å². The highest BCUT2D eigenvalue weighted by atomic mass is 28.3. The lowest BCUT2D eigenvalue weighted by Crippen LogP contribution is -2.49. The number of rotatable bonds is 0. The van der Waals surface area contributed by atoms with Gasteiger partial charge in [-0.15, -0.1) is 0 Å². The molecule has 2 aliphatic rings. The van der Waals surface area contributed by atoms with E-state index in [-0.39, 0.29) is 5.41 Å². The van der Waals surface area contributed by atoms with Crippen LogP contribution >= 0.6 is 0 Å². The first kappa shape index (κ1) is 16.2. The van der Waals surface area contributed by atoms with Gasteiger partial charge in [-0.3, -0.25) is 9.97 Å². The van der Waals surface area contributed by atoms with Gasteiger partial charge in [-0.1, -0.05) is 57.3 Å². The van der Waals surface area contributed by atoms with Gasteiger partial charge in [-0.2, -0.15) is 0 Å². The van der Waals surface area contributed by atoms with Crippen molar-refractivity contribution >= 4 is 29.2 Å². The average Bonchev–Trinajstić information content (AvgIpc) is 3.08. The number of benzene rings is 2. The Hall–Kier alpha value is -2.78. The summed E-state index contributed by atoms with van der Waals surface area (Å²) in [6, 6.07) is 15.8. The van der Waals surface area contributed by atoms with Crippen molar-refractivity contribution < 1.29 is 0 Å². The molecular formula is C25H22N2Si. The Labute approximate surface area is 166 Å². The lowest BCUT2D eigenvalue weighted by molar-refractivity contribution is 0.661. The molecule has 0 fully saturated rings. The van der Waals surface area contributed by atoms with Crippen LogP contribution in [0.4, 0.5) is 0 Å². The Bertz CT molecular complexity index is 1320. The highest BCUT2D eigenvalue weighted by molar-refractivity contribution is 7.05. The zero-order chi connectivity index (χ0) is 19.3. The van der Waals surface area contributed by atoms with Crippen LogP contribution in [0.5, 0.6) is 0 Å². The Morgan fingerprint density at radius 1 is 0.893 bits per heavy atom. The van der Waals surface area contributed by atoms with Crippen LogP contribution in [0, 0.1) is 0 Å². The van der Waals surface area contributed by atoms with Gasteiger partial charge in [-0.05, 0) is 50.1 Å². The maximum absolute atomic E-state index is 4.77. The molecule has 2 nitrogen and oxygen atoms in total. The van der Waals surface area contributed by atoms with Gasteiger partial charge in [0.1, 0.15) is 8.07 Å². The number of nitrogens with zero attached hydrogens (tertiary/aromatic N) is 2. The zero-order valence-electron chi connectivity index (χ0n) is 16.7. The average molecular weight is 379 g/mol. The van der Waals surface area contributed by atoms with Gasteiger partial charge in [-0.25, -0.2) is 0 Å². The van der Waals surface area contributed by atoms with Gasteiger partial charge in [0.15, 0.2) is 0 Å². The van der Waals surface area contributed by atoms with Crippen molar-refractivity contribution in [2.24, 2.45) is 0 Å². The second kappa shape index (κ2) is 4.98. The minimum Gasteiger partial charge on any atom is -0.264 e. The molecular weight excluding hydrogens is 356 g/mol. The smallest absolute Gasteiger partial charge is 0.114 e. The molecule has 3 heteroatoms. The van der Waals surface area contributed by atoms with Crippen molar-refractivity contribution in [1.82, 2.24) is 9.97 Å². The minimum absolute atomic E-state index is 0.0414. The standard InChI is InChI=1S/C25H22N2Si/c1-25(2)19-6-5-12-27-23(19)17-9-10-20-21(22(17)25)16-8-7-15-11-13-26-14-18(15)24(16)28(20,3)4/h5-14H,1-4H3. The number of pyridine rings is 2. The van der Waals surface area contributed by atoms with E-state index in [0.29, 0.717) is 0 Å². The van der Waals surface area contributed by atoms with Crippen molar-refractivity contribution in [2.75, 3.05) is 0 Å². The summed E-state index contributed by atoms with van der Waals surface area (Å²) in [7, 11) is -1.81. The molecule has 0 amide bonds. The quantitative estimate of drug-likeness (QED) is 0.413. The summed E-state index contributed by atoms with van der Waals surface area (Å²) < 4.78 is 0. The first-order valence-corrected chi connectivity index (χ1v) is 12.9. The molecule has 0 saturated carbocycles. The Balaban J connectivity index is 1.78. The van der Waals surface area contributed by atoms with Crippen LogP contribution in [0.25, 0.3) is 33.2 Å². The summed E-state index contributed by atoms with van der Waals surface area (Å²) >= 11 is 0. The van der Waals surface area contributed by atoms with Crippen LogP contribution in [0.1, 0.15) is 25.0 Å². The van der Waals surface area contributed by atoms with E-state index in [1.165, 1.54) is 38.6 Å². The molecule has 0 saturated heterocycles. The third kappa shape index (κ3) is 1.74. The number of fused-ring (bicyclic) bond motifs is 9. The largest absolute Gasteiger partial charge is 0.264 e. The predicted octanol–water partition coefficient (Wildman–Crippen LogP) is 4.74. The van der Waals surface area contributed by atoms with Crippen LogP contribution in [-0.4, -0.2) is 18.0 Å². The molecule has 4 aromatic rings. The lowest BCUT2D eigenvalue weighted by atomic mass is 9.79. The Morgan fingerprint density at radius 3 is 2.57 bits per heavy atom. The van der Waals surface area contributed by atoms with Crippen LogP contribution in [0.2, 0.25) is 13.1 Å². The maximum atomic E-state index is 4.77. The Morgan fingerprint density at radius 2 is 1.71 bits per heavy atom. The first-order chi connectivity index (χ1) is 13.4. The fraction of sp³-hybridized carbons (Fsp3) is 0.200. The van der Waals surface area contributed by atoms with Crippen molar-refractivity contribution in [2.45, 2.75) is 32.4 Å². The van der Waals surface area contributed by atoms with E-state index in [1.807, 2.05) is 12.4 Å². The van der Waals surface area contributed by atoms with Crippen molar-refractivity contribution in [3.63, 3.8) is 0 Å². The second-order valence-electron chi connectivity index (χ2n) is 9.15. The van der Waals surface area contributed by atoms with Crippen LogP contribution in [-0.2, 0) is 5.41 Å². The van der Waals surface area contributed by atoms with Crippen LogP contribution < -0.4 is 10.4 Å². The van der Waals surface area contributed by atoms with E-state index in [9.17, 15) is 0 Å². The van der Waals surface area contributed by atoms with Gasteiger partial charge >= 0.3 is 0 Å². The van der Waals surface area contributed by atoms with Crippen molar-refractivity contribution in [3.8, 4) is 22.4 Å². The van der Waals surface area contributed by atoms with E-state index < -0.39 is 8.07 Å². The highest BCUT2D eigenvalue weighted by Crippen LogP contribution is 2.52. The molecule has 2 aromatic carbocycles. The van der Waals surface area contributed by atoms with E-state index in [1.54, 1.807) is 10.4 Å². The molecule has 2 aromatic heterocycles. The van der Waals surface area contributed by atoms with Gasteiger partial charge in [0.2, 0.25) is 0 Å². The van der Waals surface area contributed by atoms with Crippen molar-refractivity contribution in [1.29, 1.82) is 0 Å². The third-order valence-corrected chi connectivity index (χ3v) is 10.5. The fourth-order valence-electron chi connectivity index (χ4n) is 5.69. The predicted molar refractivity (Wildman–Crippen MR) is 119 cm³/mol. The lowest BCUT2D eigenvalue weighted by Gasteiger charge is -2.25. The van der Waals surface area contributed by atoms with Gasteiger partial charge in [0, 0.05) is 35.0 Å². The van der Waals surface area contributed by atoms with E-state index in [4.69, 9.17) is 4.98 Å². The molecule has 0 bridgehead atoms. The molecule has 3 heterocycles. The van der Waals surface area contributed by atoms with E-state index in [0.717, 1.165) is 5.69 Å². The molecule has 1 aliphatic heterocycles. The number of hydrogen-bond acceptors (Lipinski definition) is 2. The first-order valence-electron chi connectivity index (χ1n) is 9.94. The van der Waals surface area contributed by atoms with Gasteiger partial charge in [0.05, 0.1) is 5.69 Å². The maximum Gasteiger partial charge on any atom is 0.114 e. The summed E-state index contributed by atoms with van der Waals surface area (Å²) in [5.41, 5.74) is 8.11. The summed E-state index contributed by atoms with van der Waals surface area (Å²) in [5, 5.41) is 5.72. The SMILES string of the molecule is CC1(C)c2cccnc2-c2ccc3c(c21)-c1ccc2ccncc2c1[Si]3(C)C. The molecule has 28 heavy (non-hydrogen) atoms. The number of hydrogen-bond donors (Lipinski definition) is 0. The summed E-state index contributed by atoms with van der Waals surface area (Å²) in [5.74, 6) is 0. The Kier molecular flexibility index (Phi) is 2.88. The molecule has 1 aliphatic carbocycles. The fourth-order valence-corrected chi connectivity index (χ4v) is 9.10. The monoisotopic (exact) mass is 378 g/mol. The minimum atomic E-state index is -1.81. The molecule has 0 unspecified atom stereocenters. The van der Waals surface area contributed by atoms with Gasteiger partial charge < -0.3 is 0 Å². The summed E-state index contributed by atoms with van der Waals surface area (Å²) in [6.45, 7) is 9.69. The highest BCUT2D eigenvalue weighted by Gasteiger charge is 2.46. The van der Waals surface area contributed by atoms with Crippen molar-refractivity contribution in [3.05, 3.63) is 72.2 Å². The number of aromatic nitrogens is 2. The summed E-state index contributed by atoms with van der Waals surface area (Å²) in [4.78, 5) is 9.23. The summed E-state index contributed by atoms with van der Waals surface area (Å²) in [6.07, 6.45) is 5.88. The third-order valence-electron chi connectivity index (χ3n) is 6.96. The second-order valence-corrected chi connectivity index (χ2v) is 13.4. The molecule has 0 atom stereocenters. The molecule has 0 spiro atoms. The molecule has 6 rings (SSSR count). The van der Waals surface area contributed by atoms with Crippen LogP contribution in [0.15, 0.2) is 61.1 Å². The van der Waals surface area contributed by atoms with E-state index >= 15 is 0 Å². The zero-order valence-corrected chi connectivity index (χ0v) is 17.7.